The molecule has 31 heavy (non-hydrogen) atoms. The number of hydrogen-bond donors (Lipinski definition) is 2. The highest BCUT2D eigenvalue weighted by Crippen LogP contribution is 2.31. The van der Waals surface area contributed by atoms with Gasteiger partial charge in [0.2, 0.25) is 11.8 Å². The van der Waals surface area contributed by atoms with Crippen LogP contribution in [-0.2, 0) is 9.59 Å². The van der Waals surface area contributed by atoms with Crippen molar-refractivity contribution in [2.24, 2.45) is 11.8 Å². The van der Waals surface area contributed by atoms with E-state index in [2.05, 4.69) is 10.6 Å². The summed E-state index contributed by atoms with van der Waals surface area (Å²) in [5.41, 5.74) is 0.455. The van der Waals surface area contributed by atoms with Crippen LogP contribution in [0, 0.1) is 22.0 Å². The highest BCUT2D eigenvalue weighted by Gasteiger charge is 2.20. The van der Waals surface area contributed by atoms with Crippen LogP contribution in [0.1, 0.15) is 89.9 Å². The standard InChI is InChI=1S/C24H35N3O4/c28-23(15-11-18-7-3-1-4-8-18)25-20-13-14-22(27(30)31)21(17-20)26-24(29)16-12-19-9-5-2-6-10-19/h13-14,17-19H,1-12,15-16H2,(H,25,28)(H,26,29). The minimum Gasteiger partial charge on any atom is -0.326 e. The van der Waals surface area contributed by atoms with Crippen molar-refractivity contribution in [1.82, 2.24) is 0 Å². The van der Waals surface area contributed by atoms with Crippen LogP contribution in [0.4, 0.5) is 17.1 Å². The van der Waals surface area contributed by atoms with Crippen LogP contribution >= 0.6 is 0 Å². The van der Waals surface area contributed by atoms with Crippen molar-refractivity contribution in [1.29, 1.82) is 0 Å². The van der Waals surface area contributed by atoms with Crippen LogP contribution in [-0.4, -0.2) is 16.7 Å². The summed E-state index contributed by atoms with van der Waals surface area (Å²) in [7, 11) is 0. The van der Waals surface area contributed by atoms with Crippen LogP contribution in [0.25, 0.3) is 0 Å². The Morgan fingerprint density at radius 1 is 0.839 bits per heavy atom. The zero-order chi connectivity index (χ0) is 22.1. The third-order valence-corrected chi connectivity index (χ3v) is 6.76. The molecule has 0 saturated heterocycles. The van der Waals surface area contributed by atoms with Gasteiger partial charge in [-0.2, -0.15) is 0 Å². The molecule has 2 fully saturated rings. The summed E-state index contributed by atoms with van der Waals surface area (Å²) in [6, 6.07) is 4.36. The molecule has 0 spiro atoms. The van der Waals surface area contributed by atoms with Crippen LogP contribution in [0.2, 0.25) is 0 Å². The van der Waals surface area contributed by atoms with Gasteiger partial charge in [0.25, 0.3) is 5.69 Å². The Kier molecular flexibility index (Phi) is 8.85. The molecule has 0 bridgehead atoms. The topological polar surface area (TPSA) is 101 Å². The SMILES string of the molecule is O=C(CCC1CCCCC1)Nc1ccc([N+](=O)[O-])c(NC(=O)CCC2CCCCC2)c1. The number of hydrogen-bond acceptors (Lipinski definition) is 4. The number of benzene rings is 1. The van der Waals surface area contributed by atoms with Gasteiger partial charge in [0.05, 0.1) is 4.92 Å². The minimum atomic E-state index is -0.509. The Morgan fingerprint density at radius 3 is 1.87 bits per heavy atom. The van der Waals surface area contributed by atoms with Crippen LogP contribution in [0.3, 0.4) is 0 Å². The molecular weight excluding hydrogens is 394 g/mol. The number of nitro groups is 1. The molecule has 2 aliphatic carbocycles. The molecule has 0 unspecified atom stereocenters. The molecule has 0 radical (unpaired) electrons. The minimum absolute atomic E-state index is 0.0889. The maximum atomic E-state index is 12.4. The highest BCUT2D eigenvalue weighted by molar-refractivity contribution is 5.96. The fraction of sp³-hybridized carbons (Fsp3) is 0.667. The number of nitro benzene ring substituents is 1. The first kappa shape index (κ1) is 23.2. The maximum Gasteiger partial charge on any atom is 0.292 e. The average molecular weight is 430 g/mol. The second-order valence-corrected chi connectivity index (χ2v) is 9.17. The Hall–Kier alpha value is -2.44. The van der Waals surface area contributed by atoms with E-state index in [1.165, 1.54) is 69.6 Å². The van der Waals surface area contributed by atoms with Crippen LogP contribution < -0.4 is 10.6 Å². The first-order valence-corrected chi connectivity index (χ1v) is 11.9. The van der Waals surface area contributed by atoms with Gasteiger partial charge in [-0.05, 0) is 36.8 Å². The van der Waals surface area contributed by atoms with Crippen molar-refractivity contribution < 1.29 is 14.5 Å². The van der Waals surface area contributed by atoms with Gasteiger partial charge in [-0.3, -0.25) is 19.7 Å². The fourth-order valence-corrected chi connectivity index (χ4v) is 4.93. The second kappa shape index (κ2) is 11.8. The van der Waals surface area contributed by atoms with Crippen LogP contribution in [0.5, 0.6) is 0 Å². The van der Waals surface area contributed by atoms with Gasteiger partial charge in [-0.25, -0.2) is 0 Å². The van der Waals surface area contributed by atoms with Crippen LogP contribution in [0.15, 0.2) is 18.2 Å². The summed E-state index contributed by atoms with van der Waals surface area (Å²) >= 11 is 0. The number of rotatable bonds is 9. The van der Waals surface area contributed by atoms with Gasteiger partial charge < -0.3 is 10.6 Å². The normalized spacial score (nSPS) is 17.8. The lowest BCUT2D eigenvalue weighted by atomic mass is 9.86. The summed E-state index contributed by atoms with van der Waals surface area (Å²) in [4.78, 5) is 35.7. The molecule has 3 rings (SSSR count). The Labute approximate surface area is 184 Å². The molecule has 2 aliphatic rings. The lowest BCUT2D eigenvalue weighted by Crippen LogP contribution is -2.17. The number of carbonyl (C=O) groups excluding carboxylic acids is 2. The number of amides is 2. The third kappa shape index (κ3) is 7.64. The van der Waals surface area contributed by atoms with E-state index in [1.807, 2.05) is 0 Å². The molecule has 1 aromatic carbocycles. The third-order valence-electron chi connectivity index (χ3n) is 6.76. The fourth-order valence-electron chi connectivity index (χ4n) is 4.93. The lowest BCUT2D eigenvalue weighted by molar-refractivity contribution is -0.383. The molecular formula is C24H35N3O4. The molecule has 170 valence electrons. The largest absolute Gasteiger partial charge is 0.326 e. The molecule has 0 heterocycles. The van der Waals surface area contributed by atoms with Gasteiger partial charge in [0, 0.05) is 24.6 Å². The van der Waals surface area contributed by atoms with E-state index >= 15 is 0 Å². The Balaban J connectivity index is 1.54. The van der Waals surface area contributed by atoms with E-state index in [0.29, 0.717) is 30.4 Å². The summed E-state index contributed by atoms with van der Waals surface area (Å²) < 4.78 is 0. The van der Waals surface area contributed by atoms with Gasteiger partial charge in [-0.15, -0.1) is 0 Å². The van der Waals surface area contributed by atoms with E-state index in [-0.39, 0.29) is 23.2 Å². The summed E-state index contributed by atoms with van der Waals surface area (Å²) in [6.45, 7) is 0. The molecule has 0 aromatic heterocycles. The highest BCUT2D eigenvalue weighted by atomic mass is 16.6. The lowest BCUT2D eigenvalue weighted by Gasteiger charge is -2.21. The molecule has 2 amide bonds. The molecule has 1 aromatic rings. The van der Waals surface area contributed by atoms with E-state index in [0.717, 1.165) is 25.7 Å². The first-order valence-electron chi connectivity index (χ1n) is 11.9. The van der Waals surface area contributed by atoms with Crippen molar-refractivity contribution >= 4 is 28.9 Å². The smallest absolute Gasteiger partial charge is 0.292 e. The molecule has 7 heteroatoms. The van der Waals surface area contributed by atoms with Crippen molar-refractivity contribution in [2.45, 2.75) is 89.9 Å². The van der Waals surface area contributed by atoms with Crippen molar-refractivity contribution in [3.8, 4) is 0 Å². The van der Waals surface area contributed by atoms with Gasteiger partial charge >= 0.3 is 0 Å². The zero-order valence-electron chi connectivity index (χ0n) is 18.4. The maximum absolute atomic E-state index is 12.4. The Bertz CT molecular complexity index is 768. The van der Waals surface area contributed by atoms with Gasteiger partial charge in [0.15, 0.2) is 0 Å². The zero-order valence-corrected chi connectivity index (χ0v) is 18.4. The predicted molar refractivity (Wildman–Crippen MR) is 122 cm³/mol. The Morgan fingerprint density at radius 2 is 1.35 bits per heavy atom. The number of carbonyl (C=O) groups is 2. The molecule has 0 aliphatic heterocycles. The predicted octanol–water partition coefficient (Wildman–Crippen LogP) is 6.19. The average Bonchev–Trinajstić information content (AvgIpc) is 2.78. The monoisotopic (exact) mass is 429 g/mol. The summed E-state index contributed by atoms with van der Waals surface area (Å²) in [6.07, 6.45) is 14.7. The first-order chi connectivity index (χ1) is 15.0. The van der Waals surface area contributed by atoms with E-state index < -0.39 is 4.92 Å². The summed E-state index contributed by atoms with van der Waals surface area (Å²) in [5.74, 6) is 0.892. The number of nitrogens with one attached hydrogen (secondary N) is 2. The molecule has 2 N–H and O–H groups in total. The molecule has 0 atom stereocenters. The van der Waals surface area contributed by atoms with Crippen molar-refractivity contribution in [2.75, 3.05) is 10.6 Å². The van der Waals surface area contributed by atoms with E-state index in [1.54, 1.807) is 0 Å². The molecule has 2 saturated carbocycles. The molecule has 7 nitrogen and oxygen atoms in total. The second-order valence-electron chi connectivity index (χ2n) is 9.17. The van der Waals surface area contributed by atoms with E-state index in [9.17, 15) is 19.7 Å². The van der Waals surface area contributed by atoms with Gasteiger partial charge in [-0.1, -0.05) is 64.2 Å². The van der Waals surface area contributed by atoms with Crippen molar-refractivity contribution in [3.05, 3.63) is 28.3 Å². The quantitative estimate of drug-likeness (QED) is 0.361. The summed E-state index contributed by atoms with van der Waals surface area (Å²) in [5, 5.41) is 16.9. The van der Waals surface area contributed by atoms with Crippen molar-refractivity contribution in [3.63, 3.8) is 0 Å². The number of anilines is 2. The van der Waals surface area contributed by atoms with Gasteiger partial charge in [0.1, 0.15) is 5.69 Å². The number of nitrogens with zero attached hydrogens (tertiary/aromatic N) is 1. The van der Waals surface area contributed by atoms with E-state index in [4.69, 9.17) is 0 Å².